The minimum Gasteiger partial charge on any atom is -0.494 e. The number of hydrogen-bond acceptors (Lipinski definition) is 5. The third kappa shape index (κ3) is 5.39. The quantitative estimate of drug-likeness (QED) is 0.234. The van der Waals surface area contributed by atoms with Crippen molar-refractivity contribution in [1.29, 1.82) is 0 Å². The van der Waals surface area contributed by atoms with Crippen LogP contribution in [0.2, 0.25) is 0 Å². The van der Waals surface area contributed by atoms with Crippen molar-refractivity contribution >= 4 is 50.9 Å². The molecule has 36 heavy (non-hydrogen) atoms. The van der Waals surface area contributed by atoms with Gasteiger partial charge in [0.25, 0.3) is 5.91 Å². The van der Waals surface area contributed by atoms with Gasteiger partial charge in [-0.3, -0.25) is 9.69 Å². The summed E-state index contributed by atoms with van der Waals surface area (Å²) in [5.41, 5.74) is 4.15. The van der Waals surface area contributed by atoms with Gasteiger partial charge in [-0.15, -0.1) is 0 Å². The molecule has 3 aromatic carbocycles. The summed E-state index contributed by atoms with van der Waals surface area (Å²) >= 11 is 9.21. The lowest BCUT2D eigenvalue weighted by atomic mass is 10.1. The maximum atomic E-state index is 13.4. The predicted octanol–water partition coefficient (Wildman–Crippen LogP) is 6.35. The maximum Gasteiger partial charge on any atom is 0.281 e. The summed E-state index contributed by atoms with van der Waals surface area (Å²) in [6.07, 6.45) is 1.79. The van der Waals surface area contributed by atoms with Crippen LogP contribution in [-0.4, -0.2) is 36.7 Å². The second-order valence-corrected chi connectivity index (χ2v) is 9.46. The van der Waals surface area contributed by atoms with E-state index in [4.69, 9.17) is 26.4 Å². The summed E-state index contributed by atoms with van der Waals surface area (Å²) in [5.74, 6) is 1.70. The number of benzene rings is 3. The number of halogens is 1. The molecule has 1 heterocycles. The van der Waals surface area contributed by atoms with E-state index in [1.165, 1.54) is 10.5 Å². The van der Waals surface area contributed by atoms with E-state index in [9.17, 15) is 4.79 Å². The Labute approximate surface area is 225 Å². The van der Waals surface area contributed by atoms with Crippen molar-refractivity contribution in [2.45, 2.75) is 20.5 Å². The monoisotopic (exact) mass is 566 g/mol. The first kappa shape index (κ1) is 25.7. The van der Waals surface area contributed by atoms with Gasteiger partial charge in [-0.25, -0.2) is 0 Å². The number of thiocarbonyl (C=S) groups is 1. The SMILES string of the molecule is CCOc1ccc(N2C(=O)/C(=C/c3cc(OC)c(OCc4ccc(C)cc4)cc3Br)N(C)C2=S)cc1. The lowest BCUT2D eigenvalue weighted by Gasteiger charge is -2.16. The minimum atomic E-state index is -0.211. The molecule has 4 rings (SSSR count). The zero-order valence-corrected chi connectivity index (χ0v) is 23.0. The van der Waals surface area contributed by atoms with Gasteiger partial charge in [-0.2, -0.15) is 0 Å². The third-order valence-electron chi connectivity index (χ3n) is 5.76. The molecule has 0 bridgehead atoms. The Balaban J connectivity index is 1.59. The fourth-order valence-corrected chi connectivity index (χ4v) is 4.49. The second kappa shape index (κ2) is 11.1. The number of rotatable bonds is 8. The van der Waals surface area contributed by atoms with E-state index in [-0.39, 0.29) is 5.91 Å². The van der Waals surface area contributed by atoms with E-state index in [2.05, 4.69) is 35.0 Å². The molecular formula is C28H27BrN2O4S. The van der Waals surface area contributed by atoms with Crippen LogP contribution in [0.1, 0.15) is 23.6 Å². The van der Waals surface area contributed by atoms with Crippen molar-refractivity contribution in [3.8, 4) is 17.2 Å². The number of carbonyl (C=O) groups is 1. The largest absolute Gasteiger partial charge is 0.494 e. The van der Waals surface area contributed by atoms with Gasteiger partial charge in [0.1, 0.15) is 18.1 Å². The number of methoxy groups -OCH3 is 1. The molecule has 0 N–H and O–H groups in total. The molecule has 0 atom stereocenters. The summed E-state index contributed by atoms with van der Waals surface area (Å²) in [6, 6.07) is 19.2. The molecule has 1 fully saturated rings. The summed E-state index contributed by atoms with van der Waals surface area (Å²) in [6.45, 7) is 4.96. The van der Waals surface area contributed by atoms with Crippen LogP contribution < -0.4 is 19.1 Å². The first-order valence-corrected chi connectivity index (χ1v) is 12.6. The second-order valence-electron chi connectivity index (χ2n) is 8.24. The van der Waals surface area contributed by atoms with Crippen LogP contribution in [-0.2, 0) is 11.4 Å². The molecule has 8 heteroatoms. The smallest absolute Gasteiger partial charge is 0.281 e. The van der Waals surface area contributed by atoms with E-state index >= 15 is 0 Å². The van der Waals surface area contributed by atoms with Crippen molar-refractivity contribution < 1.29 is 19.0 Å². The first-order valence-electron chi connectivity index (χ1n) is 11.4. The number of ether oxygens (including phenoxy) is 3. The highest BCUT2D eigenvalue weighted by Crippen LogP contribution is 2.37. The van der Waals surface area contributed by atoms with E-state index in [0.29, 0.717) is 41.2 Å². The van der Waals surface area contributed by atoms with Gasteiger partial charge in [0, 0.05) is 11.5 Å². The van der Waals surface area contributed by atoms with Crippen LogP contribution in [0, 0.1) is 6.92 Å². The van der Waals surface area contributed by atoms with Crippen LogP contribution in [0.25, 0.3) is 6.08 Å². The summed E-state index contributed by atoms with van der Waals surface area (Å²) < 4.78 is 17.9. The van der Waals surface area contributed by atoms with Gasteiger partial charge < -0.3 is 19.1 Å². The van der Waals surface area contributed by atoms with Gasteiger partial charge in [0.15, 0.2) is 16.6 Å². The van der Waals surface area contributed by atoms with Gasteiger partial charge in [-0.1, -0.05) is 45.8 Å². The Morgan fingerprint density at radius 3 is 2.33 bits per heavy atom. The number of likely N-dealkylation sites (N-methyl/N-ethyl adjacent to an activating group) is 1. The van der Waals surface area contributed by atoms with E-state index in [0.717, 1.165) is 21.3 Å². The highest BCUT2D eigenvalue weighted by atomic mass is 79.9. The third-order valence-corrected chi connectivity index (χ3v) is 6.90. The van der Waals surface area contributed by atoms with E-state index in [1.54, 1.807) is 25.1 Å². The van der Waals surface area contributed by atoms with Crippen molar-refractivity contribution in [3.05, 3.63) is 87.5 Å². The molecule has 0 aromatic heterocycles. The molecule has 1 saturated heterocycles. The standard InChI is InChI=1S/C28H27BrN2O4S/c1-5-34-22-12-10-21(11-13-22)31-27(32)24(30(3)28(31)36)14-20-15-25(33-4)26(16-23(20)29)35-17-19-8-6-18(2)7-9-19/h6-16H,5,17H2,1-4H3/b24-14-. The van der Waals surface area contributed by atoms with Crippen LogP contribution in [0.15, 0.2) is 70.8 Å². The Morgan fingerprint density at radius 2 is 1.69 bits per heavy atom. The van der Waals surface area contributed by atoms with Gasteiger partial charge in [-0.05, 0) is 79.7 Å². The molecule has 0 unspecified atom stereocenters. The Hall–Kier alpha value is -3.36. The maximum absolute atomic E-state index is 13.4. The molecular weight excluding hydrogens is 540 g/mol. The van der Waals surface area contributed by atoms with Crippen molar-refractivity contribution in [2.24, 2.45) is 0 Å². The molecule has 0 spiro atoms. The number of hydrogen-bond donors (Lipinski definition) is 0. The van der Waals surface area contributed by atoms with Crippen molar-refractivity contribution in [1.82, 2.24) is 4.90 Å². The zero-order valence-electron chi connectivity index (χ0n) is 20.6. The fraction of sp³-hybridized carbons (Fsp3) is 0.214. The Morgan fingerprint density at radius 1 is 1.00 bits per heavy atom. The average molecular weight is 568 g/mol. The number of carbonyl (C=O) groups excluding carboxylic acids is 1. The molecule has 0 saturated carbocycles. The van der Waals surface area contributed by atoms with Gasteiger partial charge in [0.2, 0.25) is 0 Å². The number of nitrogens with zero attached hydrogens (tertiary/aromatic N) is 2. The highest BCUT2D eigenvalue weighted by molar-refractivity contribution is 9.10. The summed E-state index contributed by atoms with van der Waals surface area (Å²) in [7, 11) is 3.37. The molecule has 1 amide bonds. The molecule has 186 valence electrons. The number of amides is 1. The molecule has 0 aliphatic carbocycles. The van der Waals surface area contributed by atoms with Crippen LogP contribution in [0.4, 0.5) is 5.69 Å². The summed E-state index contributed by atoms with van der Waals surface area (Å²) in [5, 5.41) is 0.400. The van der Waals surface area contributed by atoms with Crippen LogP contribution >= 0.6 is 28.1 Å². The van der Waals surface area contributed by atoms with Crippen LogP contribution in [0.3, 0.4) is 0 Å². The normalized spacial score (nSPS) is 14.5. The van der Waals surface area contributed by atoms with Gasteiger partial charge >= 0.3 is 0 Å². The first-order chi connectivity index (χ1) is 17.3. The highest BCUT2D eigenvalue weighted by Gasteiger charge is 2.37. The molecule has 0 radical (unpaired) electrons. The van der Waals surface area contributed by atoms with Crippen molar-refractivity contribution in [3.63, 3.8) is 0 Å². The number of aryl methyl sites for hydroxylation is 1. The van der Waals surface area contributed by atoms with E-state index < -0.39 is 0 Å². The van der Waals surface area contributed by atoms with E-state index in [1.807, 2.05) is 55.5 Å². The molecule has 1 aliphatic heterocycles. The lowest BCUT2D eigenvalue weighted by Crippen LogP contribution is -2.31. The molecule has 6 nitrogen and oxygen atoms in total. The fourth-order valence-electron chi connectivity index (χ4n) is 3.77. The van der Waals surface area contributed by atoms with Gasteiger partial charge in [0.05, 0.1) is 19.4 Å². The lowest BCUT2D eigenvalue weighted by molar-refractivity contribution is -0.114. The predicted molar refractivity (Wildman–Crippen MR) is 150 cm³/mol. The van der Waals surface area contributed by atoms with Crippen molar-refractivity contribution in [2.75, 3.05) is 25.7 Å². The minimum absolute atomic E-state index is 0.211. The number of anilines is 1. The zero-order chi connectivity index (χ0) is 25.8. The summed E-state index contributed by atoms with van der Waals surface area (Å²) in [4.78, 5) is 16.6. The van der Waals surface area contributed by atoms with Crippen LogP contribution in [0.5, 0.6) is 17.2 Å². The Bertz CT molecular complexity index is 1310. The molecule has 3 aromatic rings. The topological polar surface area (TPSA) is 51.2 Å². The molecule has 1 aliphatic rings. The Kier molecular flexibility index (Phi) is 7.96. The average Bonchev–Trinajstić information content (AvgIpc) is 3.08.